The Balaban J connectivity index is 1.60. The number of carbonyl (C=O) groups excluding carboxylic acids is 1. The van der Waals surface area contributed by atoms with Crippen LogP contribution in [0.4, 0.5) is 5.69 Å². The van der Waals surface area contributed by atoms with Crippen LogP contribution >= 0.6 is 15.9 Å². The molecule has 0 spiro atoms. The van der Waals surface area contributed by atoms with Crippen LogP contribution < -0.4 is 5.32 Å². The molecule has 0 radical (unpaired) electrons. The van der Waals surface area contributed by atoms with Crippen molar-refractivity contribution in [3.63, 3.8) is 0 Å². The van der Waals surface area contributed by atoms with E-state index >= 15 is 0 Å². The minimum Gasteiger partial charge on any atom is -0.325 e. The second-order valence-corrected chi connectivity index (χ2v) is 8.76. The fourth-order valence-electron chi connectivity index (χ4n) is 5.12. The van der Waals surface area contributed by atoms with E-state index in [-0.39, 0.29) is 15.6 Å². The molecule has 1 N–H and O–H groups in total. The Morgan fingerprint density at radius 3 is 2.45 bits per heavy atom. The molecule has 1 aromatic heterocycles. The average molecular weight is 335 g/mol. The third-order valence-corrected chi connectivity index (χ3v) is 6.34. The number of aromatic nitrogens is 1. The highest BCUT2D eigenvalue weighted by Gasteiger charge is 2.59. The molecular weight excluding hydrogens is 316 g/mol. The second-order valence-electron chi connectivity index (χ2n) is 7.08. The molecule has 5 rings (SSSR count). The van der Waals surface area contributed by atoms with E-state index in [2.05, 4.69) is 26.2 Å². The minimum absolute atomic E-state index is 0.142. The molecule has 4 heteroatoms. The summed E-state index contributed by atoms with van der Waals surface area (Å²) in [4.78, 5) is 16.9. The lowest BCUT2D eigenvalue weighted by Gasteiger charge is -2.59. The number of hydrogen-bond donors (Lipinski definition) is 1. The van der Waals surface area contributed by atoms with Crippen LogP contribution in [0.2, 0.25) is 0 Å². The number of rotatable bonds is 2. The number of carbonyl (C=O) groups is 1. The summed E-state index contributed by atoms with van der Waals surface area (Å²) >= 11 is 3.96. The molecule has 4 aliphatic rings. The Hall–Kier alpha value is -0.900. The van der Waals surface area contributed by atoms with E-state index in [1.165, 1.54) is 19.3 Å². The number of halogens is 1. The number of nitrogens with one attached hydrogen (secondary N) is 1. The van der Waals surface area contributed by atoms with Crippen molar-refractivity contribution >= 4 is 27.5 Å². The molecule has 20 heavy (non-hydrogen) atoms. The molecule has 106 valence electrons. The molecule has 3 nitrogen and oxygen atoms in total. The molecule has 4 saturated carbocycles. The molecular formula is C16H19BrN2O. The molecule has 0 saturated heterocycles. The Kier molecular flexibility index (Phi) is 2.75. The first-order chi connectivity index (χ1) is 9.57. The highest BCUT2D eigenvalue weighted by Crippen LogP contribution is 2.64. The van der Waals surface area contributed by atoms with Gasteiger partial charge in [0, 0.05) is 22.4 Å². The zero-order valence-electron chi connectivity index (χ0n) is 11.4. The lowest BCUT2D eigenvalue weighted by atomic mass is 9.49. The fourth-order valence-corrected chi connectivity index (χ4v) is 6.57. The molecule has 0 aliphatic heterocycles. The van der Waals surface area contributed by atoms with Gasteiger partial charge in [-0.2, -0.15) is 0 Å². The topological polar surface area (TPSA) is 42.0 Å². The summed E-state index contributed by atoms with van der Waals surface area (Å²) in [6.07, 6.45) is 10.5. The number of pyridine rings is 1. The van der Waals surface area contributed by atoms with E-state index in [9.17, 15) is 4.79 Å². The SMILES string of the molecule is O=C(Nc1ccncc1)C12C[C@H]3C[C@@H](CC(Br)(C3)C1)C2. The summed E-state index contributed by atoms with van der Waals surface area (Å²) in [5.41, 5.74) is 0.723. The van der Waals surface area contributed by atoms with Crippen molar-refractivity contribution in [2.45, 2.75) is 42.8 Å². The highest BCUT2D eigenvalue weighted by atomic mass is 79.9. The van der Waals surface area contributed by atoms with Gasteiger partial charge in [-0.3, -0.25) is 9.78 Å². The van der Waals surface area contributed by atoms with Gasteiger partial charge in [0.05, 0.1) is 5.41 Å². The quantitative estimate of drug-likeness (QED) is 0.837. The van der Waals surface area contributed by atoms with Gasteiger partial charge < -0.3 is 5.32 Å². The molecule has 1 aromatic rings. The van der Waals surface area contributed by atoms with E-state index in [1.54, 1.807) is 12.4 Å². The van der Waals surface area contributed by atoms with Gasteiger partial charge >= 0.3 is 0 Å². The fraction of sp³-hybridized carbons (Fsp3) is 0.625. The van der Waals surface area contributed by atoms with Gasteiger partial charge in [0.2, 0.25) is 5.91 Å². The average Bonchev–Trinajstić information content (AvgIpc) is 2.37. The van der Waals surface area contributed by atoms with Gasteiger partial charge in [-0.1, -0.05) is 15.9 Å². The minimum atomic E-state index is -0.142. The van der Waals surface area contributed by atoms with Crippen LogP contribution in [-0.4, -0.2) is 15.2 Å². The zero-order chi connectivity index (χ0) is 13.8. The summed E-state index contributed by atoms with van der Waals surface area (Å²) < 4.78 is 0.229. The lowest BCUT2D eigenvalue weighted by molar-refractivity contribution is -0.138. The predicted octanol–water partition coefficient (Wildman–Crippen LogP) is 3.75. The first kappa shape index (κ1) is 12.8. The van der Waals surface area contributed by atoms with Crippen LogP contribution in [0.1, 0.15) is 38.5 Å². The van der Waals surface area contributed by atoms with E-state index in [1.807, 2.05) is 12.1 Å². The van der Waals surface area contributed by atoms with Crippen molar-refractivity contribution in [2.24, 2.45) is 17.3 Å². The van der Waals surface area contributed by atoms with Gasteiger partial charge in [0.25, 0.3) is 0 Å². The van der Waals surface area contributed by atoms with E-state index in [0.717, 1.165) is 36.8 Å². The third kappa shape index (κ3) is 2.00. The number of anilines is 1. The standard InChI is InChI=1S/C16H19BrN2O/c17-16-8-11-5-12(9-16)7-15(6-11,10-16)14(20)19-13-1-3-18-4-2-13/h1-4,11-12H,5-10H2,(H,18,19,20)/t11-,12-,15?,16?/m1/s1. The first-order valence-corrected chi connectivity index (χ1v) is 8.27. The summed E-state index contributed by atoms with van der Waals surface area (Å²) in [5, 5.41) is 3.12. The molecule has 4 aliphatic carbocycles. The number of amides is 1. The van der Waals surface area contributed by atoms with E-state index in [4.69, 9.17) is 0 Å². The Morgan fingerprint density at radius 1 is 1.20 bits per heavy atom. The summed E-state index contributed by atoms with van der Waals surface area (Å²) in [6.45, 7) is 0. The Bertz CT molecular complexity index is 531. The van der Waals surface area contributed by atoms with Crippen molar-refractivity contribution in [1.29, 1.82) is 0 Å². The first-order valence-electron chi connectivity index (χ1n) is 7.47. The number of alkyl halides is 1. The Labute approximate surface area is 127 Å². The van der Waals surface area contributed by atoms with Gasteiger partial charge in [-0.15, -0.1) is 0 Å². The summed E-state index contributed by atoms with van der Waals surface area (Å²) in [6, 6.07) is 3.73. The largest absolute Gasteiger partial charge is 0.325 e. The van der Waals surface area contributed by atoms with Gasteiger partial charge in [-0.05, 0) is 62.5 Å². The predicted molar refractivity (Wildman–Crippen MR) is 81.6 cm³/mol. The molecule has 0 unspecified atom stereocenters. The van der Waals surface area contributed by atoms with Gasteiger partial charge in [0.15, 0.2) is 0 Å². The van der Waals surface area contributed by atoms with Crippen LogP contribution in [0.25, 0.3) is 0 Å². The molecule has 1 amide bonds. The zero-order valence-corrected chi connectivity index (χ0v) is 13.0. The molecule has 1 heterocycles. The lowest BCUT2D eigenvalue weighted by Crippen LogP contribution is -2.57. The Morgan fingerprint density at radius 2 is 1.85 bits per heavy atom. The van der Waals surface area contributed by atoms with Crippen LogP contribution in [0, 0.1) is 17.3 Å². The van der Waals surface area contributed by atoms with Gasteiger partial charge in [0.1, 0.15) is 0 Å². The third-order valence-electron chi connectivity index (χ3n) is 5.41. The van der Waals surface area contributed by atoms with Crippen molar-refractivity contribution in [2.75, 3.05) is 5.32 Å². The maximum Gasteiger partial charge on any atom is 0.230 e. The molecule has 4 fully saturated rings. The normalized spacial score (nSPS) is 41.6. The summed E-state index contributed by atoms with van der Waals surface area (Å²) in [5.74, 6) is 1.69. The van der Waals surface area contributed by atoms with Crippen LogP contribution in [-0.2, 0) is 4.79 Å². The smallest absolute Gasteiger partial charge is 0.230 e. The van der Waals surface area contributed by atoms with Crippen molar-refractivity contribution in [1.82, 2.24) is 4.98 Å². The van der Waals surface area contributed by atoms with Crippen molar-refractivity contribution in [3.05, 3.63) is 24.5 Å². The maximum atomic E-state index is 12.9. The highest BCUT2D eigenvalue weighted by molar-refractivity contribution is 9.10. The molecule has 4 bridgehead atoms. The monoisotopic (exact) mass is 334 g/mol. The number of nitrogens with zero attached hydrogens (tertiary/aromatic N) is 1. The molecule has 2 atom stereocenters. The van der Waals surface area contributed by atoms with Crippen LogP contribution in [0.15, 0.2) is 24.5 Å². The van der Waals surface area contributed by atoms with Crippen LogP contribution in [0.5, 0.6) is 0 Å². The van der Waals surface area contributed by atoms with Crippen LogP contribution in [0.3, 0.4) is 0 Å². The van der Waals surface area contributed by atoms with Gasteiger partial charge in [-0.25, -0.2) is 0 Å². The maximum absolute atomic E-state index is 12.9. The van der Waals surface area contributed by atoms with Crippen molar-refractivity contribution < 1.29 is 4.79 Å². The van der Waals surface area contributed by atoms with E-state index in [0.29, 0.717) is 0 Å². The second kappa shape index (κ2) is 4.30. The van der Waals surface area contributed by atoms with Crippen molar-refractivity contribution in [3.8, 4) is 0 Å². The summed E-state index contributed by atoms with van der Waals surface area (Å²) in [7, 11) is 0. The van der Waals surface area contributed by atoms with E-state index < -0.39 is 0 Å². The molecule has 0 aromatic carbocycles. The number of hydrogen-bond acceptors (Lipinski definition) is 2.